The molecule has 6 nitrogen and oxygen atoms in total. The summed E-state index contributed by atoms with van der Waals surface area (Å²) in [6.07, 6.45) is 7.93. The van der Waals surface area contributed by atoms with Crippen LogP contribution in [0.2, 0.25) is 0 Å². The highest BCUT2D eigenvalue weighted by atomic mass is 16.5. The molecule has 4 rings (SSSR count). The molecule has 0 spiro atoms. The Hall–Kier alpha value is -2.34. The number of carbonyl (C=O) groups excluding carboxylic acids is 1. The van der Waals surface area contributed by atoms with E-state index >= 15 is 0 Å². The average molecular weight is 340 g/mol. The number of anilines is 1. The van der Waals surface area contributed by atoms with Crippen molar-refractivity contribution in [1.82, 2.24) is 15.1 Å². The Morgan fingerprint density at radius 1 is 1.24 bits per heavy atom. The van der Waals surface area contributed by atoms with Crippen LogP contribution in [-0.4, -0.2) is 34.9 Å². The molecule has 2 aromatic rings. The number of benzene rings is 1. The third-order valence-electron chi connectivity index (χ3n) is 4.96. The van der Waals surface area contributed by atoms with E-state index in [1.165, 1.54) is 12.8 Å². The molecule has 2 N–H and O–H groups in total. The number of aromatic nitrogens is 2. The van der Waals surface area contributed by atoms with Crippen molar-refractivity contribution in [2.24, 2.45) is 0 Å². The Labute approximate surface area is 147 Å². The van der Waals surface area contributed by atoms with Gasteiger partial charge in [-0.2, -0.15) is 5.10 Å². The summed E-state index contributed by atoms with van der Waals surface area (Å²) < 4.78 is 7.91. The van der Waals surface area contributed by atoms with Crippen LogP contribution >= 0.6 is 0 Å². The van der Waals surface area contributed by atoms with Crippen LogP contribution in [0.1, 0.15) is 48.5 Å². The molecule has 1 saturated heterocycles. The van der Waals surface area contributed by atoms with Gasteiger partial charge in [-0.3, -0.25) is 9.48 Å². The first kappa shape index (κ1) is 16.1. The smallest absolute Gasteiger partial charge is 0.256 e. The van der Waals surface area contributed by atoms with E-state index in [2.05, 4.69) is 15.7 Å². The maximum Gasteiger partial charge on any atom is 0.256 e. The normalized spacial score (nSPS) is 20.7. The summed E-state index contributed by atoms with van der Waals surface area (Å²) in [6.45, 7) is 1.94. The number of nitrogens with one attached hydrogen (secondary N) is 2. The van der Waals surface area contributed by atoms with Crippen LogP contribution in [0.3, 0.4) is 0 Å². The lowest BCUT2D eigenvalue weighted by atomic mass is 10.2. The van der Waals surface area contributed by atoms with E-state index in [9.17, 15) is 4.79 Å². The fraction of sp³-hybridized carbons (Fsp3) is 0.474. The molecular formula is C19H24N4O2. The summed E-state index contributed by atoms with van der Waals surface area (Å²) >= 11 is 0. The maximum absolute atomic E-state index is 12.5. The summed E-state index contributed by atoms with van der Waals surface area (Å²) in [4.78, 5) is 12.5. The lowest BCUT2D eigenvalue weighted by molar-refractivity contribution is 0.102. The molecule has 2 fully saturated rings. The summed E-state index contributed by atoms with van der Waals surface area (Å²) in [5, 5.41) is 10.7. The van der Waals surface area contributed by atoms with Gasteiger partial charge in [0.2, 0.25) is 0 Å². The van der Waals surface area contributed by atoms with Crippen LogP contribution in [0.15, 0.2) is 36.5 Å². The fourth-order valence-electron chi connectivity index (χ4n) is 3.57. The minimum atomic E-state index is -0.160. The third kappa shape index (κ3) is 3.85. The van der Waals surface area contributed by atoms with Gasteiger partial charge < -0.3 is 15.4 Å². The van der Waals surface area contributed by atoms with Crippen molar-refractivity contribution in [1.29, 1.82) is 0 Å². The van der Waals surface area contributed by atoms with Gasteiger partial charge in [0.1, 0.15) is 5.75 Å². The van der Waals surface area contributed by atoms with E-state index in [1.54, 1.807) is 6.07 Å². The zero-order valence-corrected chi connectivity index (χ0v) is 14.3. The van der Waals surface area contributed by atoms with Gasteiger partial charge in [-0.05, 0) is 56.8 Å². The van der Waals surface area contributed by atoms with E-state index in [-0.39, 0.29) is 12.0 Å². The molecule has 1 aromatic heterocycles. The molecule has 25 heavy (non-hydrogen) atoms. The highest BCUT2D eigenvalue weighted by Gasteiger charge is 2.19. The number of ether oxygens (including phenoxy) is 1. The predicted octanol–water partition coefficient (Wildman–Crippen LogP) is 2.99. The molecule has 1 aromatic carbocycles. The van der Waals surface area contributed by atoms with Crippen molar-refractivity contribution in [2.75, 3.05) is 18.4 Å². The van der Waals surface area contributed by atoms with Gasteiger partial charge in [0, 0.05) is 24.4 Å². The molecule has 6 heteroatoms. The van der Waals surface area contributed by atoms with E-state index in [0.717, 1.165) is 38.1 Å². The molecule has 0 radical (unpaired) electrons. The van der Waals surface area contributed by atoms with E-state index in [1.807, 2.05) is 35.1 Å². The monoisotopic (exact) mass is 340 g/mol. The summed E-state index contributed by atoms with van der Waals surface area (Å²) in [5.41, 5.74) is 0.590. The average Bonchev–Trinajstić information content (AvgIpc) is 3.37. The SMILES string of the molecule is O=C(Nc1ccn(C2CCNC2)n1)c1cccc(OC2CCCC2)c1. The standard InChI is InChI=1S/C19H24N4O2/c24-19(21-18-9-11-23(22-18)15-8-10-20-13-15)14-4-3-7-17(12-14)25-16-5-1-2-6-16/h3-4,7,9,11-12,15-16,20H,1-2,5-6,8,10,13H2,(H,21,22,24). The molecule has 1 aliphatic carbocycles. The molecular weight excluding hydrogens is 316 g/mol. The van der Waals surface area contributed by atoms with Crippen molar-refractivity contribution in [3.05, 3.63) is 42.1 Å². The predicted molar refractivity (Wildman–Crippen MR) is 96.0 cm³/mol. The molecule has 1 atom stereocenters. The fourth-order valence-corrected chi connectivity index (χ4v) is 3.57. The first-order valence-corrected chi connectivity index (χ1v) is 9.12. The first-order valence-electron chi connectivity index (χ1n) is 9.12. The second kappa shape index (κ2) is 7.27. The Balaban J connectivity index is 1.40. The Bertz CT molecular complexity index is 731. The Morgan fingerprint density at radius 2 is 2.12 bits per heavy atom. The number of amides is 1. The highest BCUT2D eigenvalue weighted by molar-refractivity contribution is 6.03. The minimum Gasteiger partial charge on any atom is -0.490 e. The lowest BCUT2D eigenvalue weighted by Crippen LogP contribution is -2.16. The molecule has 1 saturated carbocycles. The topological polar surface area (TPSA) is 68.2 Å². The van der Waals surface area contributed by atoms with E-state index < -0.39 is 0 Å². The third-order valence-corrected chi connectivity index (χ3v) is 4.96. The molecule has 2 heterocycles. The molecule has 1 unspecified atom stereocenters. The first-order chi connectivity index (χ1) is 12.3. The summed E-state index contributed by atoms with van der Waals surface area (Å²) in [6, 6.07) is 9.60. The number of rotatable bonds is 5. The van der Waals surface area contributed by atoms with Crippen molar-refractivity contribution in [3.63, 3.8) is 0 Å². The Kier molecular flexibility index (Phi) is 4.70. The second-order valence-electron chi connectivity index (χ2n) is 6.83. The zero-order valence-electron chi connectivity index (χ0n) is 14.3. The van der Waals surface area contributed by atoms with Gasteiger partial charge in [-0.15, -0.1) is 0 Å². The number of carbonyl (C=O) groups is 1. The van der Waals surface area contributed by atoms with Crippen LogP contribution < -0.4 is 15.4 Å². The van der Waals surface area contributed by atoms with Crippen molar-refractivity contribution >= 4 is 11.7 Å². The van der Waals surface area contributed by atoms with Crippen molar-refractivity contribution in [2.45, 2.75) is 44.2 Å². The Morgan fingerprint density at radius 3 is 2.92 bits per heavy atom. The van der Waals surface area contributed by atoms with Crippen molar-refractivity contribution in [3.8, 4) is 5.75 Å². The molecule has 1 aliphatic heterocycles. The molecule has 2 aliphatic rings. The molecule has 132 valence electrons. The van der Waals surface area contributed by atoms with Crippen molar-refractivity contribution < 1.29 is 9.53 Å². The van der Waals surface area contributed by atoms with E-state index in [4.69, 9.17) is 4.74 Å². The van der Waals surface area contributed by atoms with Gasteiger partial charge in [0.25, 0.3) is 5.91 Å². The summed E-state index contributed by atoms with van der Waals surface area (Å²) in [5.74, 6) is 1.19. The lowest BCUT2D eigenvalue weighted by Gasteiger charge is -2.13. The van der Waals surface area contributed by atoms with Crippen LogP contribution in [-0.2, 0) is 0 Å². The van der Waals surface area contributed by atoms with E-state index in [0.29, 0.717) is 17.4 Å². The number of hydrogen-bond donors (Lipinski definition) is 2. The number of nitrogens with zero attached hydrogens (tertiary/aromatic N) is 2. The maximum atomic E-state index is 12.5. The van der Waals surface area contributed by atoms with Crippen LogP contribution in [0.4, 0.5) is 5.82 Å². The van der Waals surface area contributed by atoms with Gasteiger partial charge in [-0.1, -0.05) is 6.07 Å². The van der Waals surface area contributed by atoms with Crippen LogP contribution in [0, 0.1) is 0 Å². The van der Waals surface area contributed by atoms with Gasteiger partial charge in [0.15, 0.2) is 5.82 Å². The van der Waals surface area contributed by atoms with Gasteiger partial charge >= 0.3 is 0 Å². The van der Waals surface area contributed by atoms with Crippen LogP contribution in [0.5, 0.6) is 5.75 Å². The molecule has 1 amide bonds. The van der Waals surface area contributed by atoms with Gasteiger partial charge in [0.05, 0.1) is 12.1 Å². The summed E-state index contributed by atoms with van der Waals surface area (Å²) in [7, 11) is 0. The number of hydrogen-bond acceptors (Lipinski definition) is 4. The minimum absolute atomic E-state index is 0.160. The van der Waals surface area contributed by atoms with Gasteiger partial charge in [-0.25, -0.2) is 0 Å². The second-order valence-corrected chi connectivity index (χ2v) is 6.83. The largest absolute Gasteiger partial charge is 0.490 e. The zero-order chi connectivity index (χ0) is 17.1. The quantitative estimate of drug-likeness (QED) is 0.878. The molecule has 0 bridgehead atoms. The highest BCUT2D eigenvalue weighted by Crippen LogP contribution is 2.25. The van der Waals surface area contributed by atoms with Crippen LogP contribution in [0.25, 0.3) is 0 Å².